The molecule has 0 radical (unpaired) electrons. The number of hydrogen-bond donors (Lipinski definition) is 1. The maximum atomic E-state index is 10.9. The number of halogens is 2. The quantitative estimate of drug-likeness (QED) is 0.672. The van der Waals surface area contributed by atoms with Gasteiger partial charge in [-0.05, 0) is 29.8 Å². The highest BCUT2D eigenvalue weighted by Gasteiger charge is 2.06. The van der Waals surface area contributed by atoms with E-state index in [1.54, 1.807) is 24.3 Å². The van der Waals surface area contributed by atoms with Crippen LogP contribution in [0.5, 0.6) is 0 Å². The predicted octanol–water partition coefficient (Wildman–Crippen LogP) is 4.38. The molecule has 0 aliphatic heterocycles. The molecule has 1 aromatic carbocycles. The Labute approximate surface area is 124 Å². The number of carboxylic acids is 1. The monoisotopic (exact) mass is 313 g/mol. The van der Waals surface area contributed by atoms with E-state index < -0.39 is 5.97 Å². The van der Waals surface area contributed by atoms with Gasteiger partial charge in [0.2, 0.25) is 0 Å². The molecule has 19 heavy (non-hydrogen) atoms. The molecule has 0 bridgehead atoms. The van der Waals surface area contributed by atoms with Crippen LogP contribution in [0.3, 0.4) is 0 Å². The number of carbonyl (C=O) groups is 1. The highest BCUT2D eigenvalue weighted by atomic mass is 35.5. The number of aromatic carboxylic acids is 1. The first-order valence-electron chi connectivity index (χ1n) is 5.33. The lowest BCUT2D eigenvalue weighted by molar-refractivity contribution is 0.0696. The van der Waals surface area contributed by atoms with Crippen molar-refractivity contribution >= 4 is 40.9 Å². The van der Waals surface area contributed by atoms with Crippen molar-refractivity contribution in [3.8, 4) is 0 Å². The van der Waals surface area contributed by atoms with Crippen LogP contribution in [-0.2, 0) is 5.75 Å². The van der Waals surface area contributed by atoms with Gasteiger partial charge < -0.3 is 5.11 Å². The molecule has 0 unspecified atom stereocenters. The summed E-state index contributed by atoms with van der Waals surface area (Å²) >= 11 is 13.2. The Hall–Kier alpha value is -1.23. The van der Waals surface area contributed by atoms with Gasteiger partial charge in [-0.1, -0.05) is 35.3 Å². The van der Waals surface area contributed by atoms with Crippen molar-refractivity contribution in [1.82, 2.24) is 4.98 Å². The van der Waals surface area contributed by atoms with E-state index >= 15 is 0 Å². The third-order valence-corrected chi connectivity index (χ3v) is 3.95. The maximum Gasteiger partial charge on any atom is 0.335 e. The van der Waals surface area contributed by atoms with Crippen molar-refractivity contribution in [3.63, 3.8) is 0 Å². The molecular weight excluding hydrogens is 305 g/mol. The number of aromatic nitrogens is 1. The third kappa shape index (κ3) is 3.86. The fourth-order valence-electron chi connectivity index (χ4n) is 1.43. The van der Waals surface area contributed by atoms with Gasteiger partial charge in [-0.3, -0.25) is 0 Å². The van der Waals surface area contributed by atoms with Crippen LogP contribution in [-0.4, -0.2) is 16.1 Å². The number of nitrogens with zero attached hydrogens (tertiary/aromatic N) is 1. The molecule has 0 amide bonds. The highest BCUT2D eigenvalue weighted by Crippen LogP contribution is 2.27. The Bertz CT molecular complexity index is 619. The largest absolute Gasteiger partial charge is 0.478 e. The zero-order valence-electron chi connectivity index (χ0n) is 9.64. The molecule has 0 aliphatic rings. The van der Waals surface area contributed by atoms with Crippen LogP contribution in [0.25, 0.3) is 0 Å². The lowest BCUT2D eigenvalue weighted by atomic mass is 10.2. The van der Waals surface area contributed by atoms with E-state index in [0.29, 0.717) is 16.1 Å². The summed E-state index contributed by atoms with van der Waals surface area (Å²) < 4.78 is 0. The zero-order valence-corrected chi connectivity index (χ0v) is 12.0. The summed E-state index contributed by atoms with van der Waals surface area (Å²) in [6.45, 7) is 0. The first-order valence-corrected chi connectivity index (χ1v) is 7.07. The van der Waals surface area contributed by atoms with Crippen molar-refractivity contribution in [2.75, 3.05) is 0 Å². The summed E-state index contributed by atoms with van der Waals surface area (Å²) in [4.78, 5) is 15.7. The highest BCUT2D eigenvalue weighted by molar-refractivity contribution is 7.98. The van der Waals surface area contributed by atoms with Gasteiger partial charge in [-0.2, -0.15) is 0 Å². The molecule has 0 aliphatic carbocycles. The number of thioether (sulfide) groups is 1. The summed E-state index contributed by atoms with van der Waals surface area (Å²) in [5.41, 5.74) is 1.13. The van der Waals surface area contributed by atoms with Crippen molar-refractivity contribution in [2.24, 2.45) is 0 Å². The van der Waals surface area contributed by atoms with Gasteiger partial charge in [0.05, 0.1) is 5.56 Å². The number of pyridine rings is 1. The van der Waals surface area contributed by atoms with Crippen LogP contribution in [0.4, 0.5) is 0 Å². The Kier molecular flexibility index (Phi) is 4.69. The van der Waals surface area contributed by atoms with Gasteiger partial charge in [-0.25, -0.2) is 9.78 Å². The average molecular weight is 314 g/mol. The Morgan fingerprint density at radius 2 is 2.05 bits per heavy atom. The van der Waals surface area contributed by atoms with Gasteiger partial charge in [0.1, 0.15) is 10.3 Å². The van der Waals surface area contributed by atoms with Crippen LogP contribution in [0.15, 0.2) is 41.3 Å². The second-order valence-electron chi connectivity index (χ2n) is 3.71. The fraction of sp³-hybridized carbons (Fsp3) is 0.0769. The normalized spacial score (nSPS) is 10.4. The number of benzene rings is 1. The summed E-state index contributed by atoms with van der Waals surface area (Å²) in [6, 6.07) is 10.2. The minimum Gasteiger partial charge on any atom is -0.478 e. The Balaban J connectivity index is 2.10. The van der Waals surface area contributed by atoms with E-state index in [2.05, 4.69) is 4.98 Å². The molecule has 1 N–H and O–H groups in total. The van der Waals surface area contributed by atoms with Crippen LogP contribution in [0.1, 0.15) is 15.9 Å². The van der Waals surface area contributed by atoms with Crippen LogP contribution >= 0.6 is 35.0 Å². The molecule has 0 saturated heterocycles. The SMILES string of the molecule is O=C(O)c1cccc(SCc2ccc(Cl)nc2Cl)c1. The van der Waals surface area contributed by atoms with Crippen molar-refractivity contribution < 1.29 is 9.90 Å². The molecule has 3 nitrogen and oxygen atoms in total. The van der Waals surface area contributed by atoms with Crippen LogP contribution in [0.2, 0.25) is 10.3 Å². The standard InChI is InChI=1S/C13H9Cl2NO2S/c14-11-5-4-9(12(15)16-11)7-19-10-3-1-2-8(6-10)13(17)18/h1-6H,7H2,(H,17,18). The van der Waals surface area contributed by atoms with E-state index in [9.17, 15) is 4.79 Å². The van der Waals surface area contributed by atoms with Gasteiger partial charge in [0.25, 0.3) is 0 Å². The first-order chi connectivity index (χ1) is 9.06. The summed E-state index contributed by atoms with van der Waals surface area (Å²) in [5, 5.41) is 9.64. The summed E-state index contributed by atoms with van der Waals surface area (Å²) in [7, 11) is 0. The molecule has 2 aromatic rings. The van der Waals surface area contributed by atoms with E-state index in [0.717, 1.165) is 10.5 Å². The Morgan fingerprint density at radius 3 is 2.74 bits per heavy atom. The lowest BCUT2D eigenvalue weighted by Gasteiger charge is -2.05. The second-order valence-corrected chi connectivity index (χ2v) is 5.50. The number of rotatable bonds is 4. The molecule has 1 aromatic heterocycles. The molecule has 0 saturated carbocycles. The smallest absolute Gasteiger partial charge is 0.335 e. The lowest BCUT2D eigenvalue weighted by Crippen LogP contribution is -1.95. The number of hydrogen-bond acceptors (Lipinski definition) is 3. The fourth-order valence-corrected chi connectivity index (χ4v) is 2.86. The summed E-state index contributed by atoms with van der Waals surface area (Å²) in [5.74, 6) is -0.333. The van der Waals surface area contributed by atoms with Gasteiger partial charge in [0, 0.05) is 10.6 Å². The molecule has 0 atom stereocenters. The minimum absolute atomic E-state index is 0.269. The average Bonchev–Trinajstić information content (AvgIpc) is 2.38. The second kappa shape index (κ2) is 6.28. The molecule has 2 rings (SSSR count). The van der Waals surface area contributed by atoms with Crippen molar-refractivity contribution in [3.05, 3.63) is 57.8 Å². The molecule has 6 heteroatoms. The minimum atomic E-state index is -0.936. The van der Waals surface area contributed by atoms with Crippen LogP contribution < -0.4 is 0 Å². The summed E-state index contributed by atoms with van der Waals surface area (Å²) in [6.07, 6.45) is 0. The van der Waals surface area contributed by atoms with Gasteiger partial charge in [-0.15, -0.1) is 11.8 Å². The van der Waals surface area contributed by atoms with Crippen molar-refractivity contribution in [1.29, 1.82) is 0 Å². The molecular formula is C13H9Cl2NO2S. The van der Waals surface area contributed by atoms with E-state index in [-0.39, 0.29) is 5.56 Å². The number of carboxylic acid groups (broad SMARTS) is 1. The third-order valence-electron chi connectivity index (χ3n) is 2.37. The topological polar surface area (TPSA) is 50.2 Å². The zero-order chi connectivity index (χ0) is 13.8. The van der Waals surface area contributed by atoms with E-state index in [1.807, 2.05) is 12.1 Å². The first kappa shape index (κ1) is 14.2. The Morgan fingerprint density at radius 1 is 1.26 bits per heavy atom. The molecule has 0 fully saturated rings. The molecule has 0 spiro atoms. The predicted molar refractivity (Wildman–Crippen MR) is 77.2 cm³/mol. The van der Waals surface area contributed by atoms with Gasteiger partial charge in [0.15, 0.2) is 0 Å². The maximum absolute atomic E-state index is 10.9. The van der Waals surface area contributed by atoms with Crippen LogP contribution in [0, 0.1) is 0 Å². The van der Waals surface area contributed by atoms with Crippen molar-refractivity contribution in [2.45, 2.75) is 10.6 Å². The van der Waals surface area contributed by atoms with E-state index in [4.69, 9.17) is 28.3 Å². The van der Waals surface area contributed by atoms with Gasteiger partial charge >= 0.3 is 5.97 Å². The van der Waals surface area contributed by atoms with E-state index in [1.165, 1.54) is 11.8 Å². The molecule has 1 heterocycles. The molecule has 98 valence electrons.